The van der Waals surface area contributed by atoms with Crippen LogP contribution in [0.15, 0.2) is 30.3 Å². The van der Waals surface area contributed by atoms with Crippen LogP contribution in [-0.2, 0) is 16.1 Å². The second kappa shape index (κ2) is 8.79. The first-order chi connectivity index (χ1) is 12.1. The molecule has 0 saturated carbocycles. The average Bonchev–Trinajstić information content (AvgIpc) is 2.97. The number of hydrogen-bond acceptors (Lipinski definition) is 4. The van der Waals surface area contributed by atoms with Crippen molar-refractivity contribution in [1.82, 2.24) is 15.8 Å². The van der Waals surface area contributed by atoms with Crippen molar-refractivity contribution in [2.45, 2.75) is 64.3 Å². The van der Waals surface area contributed by atoms with Crippen molar-refractivity contribution < 1.29 is 9.53 Å². The predicted molar refractivity (Wildman–Crippen MR) is 98.8 cm³/mol. The third-order valence-corrected chi connectivity index (χ3v) is 5.64. The molecule has 138 valence electrons. The molecule has 1 amide bonds. The fourth-order valence-corrected chi connectivity index (χ4v) is 3.92. The number of nitrogens with zero attached hydrogens (tertiary/aromatic N) is 1. The summed E-state index contributed by atoms with van der Waals surface area (Å²) in [6, 6.07) is 11.1. The first-order valence-corrected chi connectivity index (χ1v) is 9.58. The summed E-state index contributed by atoms with van der Waals surface area (Å²) >= 11 is 0. The van der Waals surface area contributed by atoms with Crippen molar-refractivity contribution >= 4 is 5.91 Å². The summed E-state index contributed by atoms with van der Waals surface area (Å²) in [6.07, 6.45) is 3.76. The topological polar surface area (TPSA) is 53.6 Å². The number of amides is 1. The fourth-order valence-electron chi connectivity index (χ4n) is 3.92. The van der Waals surface area contributed by atoms with E-state index in [1.54, 1.807) is 0 Å². The number of ether oxygens (including phenoxy) is 1. The Hall–Kier alpha value is -1.43. The maximum absolute atomic E-state index is 12.5. The van der Waals surface area contributed by atoms with E-state index in [1.807, 2.05) is 23.1 Å². The highest BCUT2D eigenvalue weighted by molar-refractivity contribution is 5.76. The van der Waals surface area contributed by atoms with Crippen LogP contribution in [0.4, 0.5) is 0 Å². The Morgan fingerprint density at radius 1 is 1.12 bits per heavy atom. The van der Waals surface area contributed by atoms with Crippen molar-refractivity contribution in [2.75, 3.05) is 13.1 Å². The zero-order valence-corrected chi connectivity index (χ0v) is 15.4. The molecule has 0 aliphatic carbocycles. The molecule has 5 heteroatoms. The van der Waals surface area contributed by atoms with E-state index in [4.69, 9.17) is 4.74 Å². The lowest BCUT2D eigenvalue weighted by Crippen LogP contribution is -2.41. The summed E-state index contributed by atoms with van der Waals surface area (Å²) in [4.78, 5) is 14.5. The lowest BCUT2D eigenvalue weighted by atomic mass is 9.91. The van der Waals surface area contributed by atoms with Crippen LogP contribution in [0.5, 0.6) is 0 Å². The van der Waals surface area contributed by atoms with Crippen molar-refractivity contribution in [2.24, 2.45) is 5.92 Å². The number of hydrazine groups is 1. The summed E-state index contributed by atoms with van der Waals surface area (Å²) in [7, 11) is 0. The molecular weight excluding hydrogens is 314 g/mol. The van der Waals surface area contributed by atoms with E-state index in [-0.39, 0.29) is 6.10 Å². The summed E-state index contributed by atoms with van der Waals surface area (Å²) < 4.78 is 6.01. The second-order valence-electron chi connectivity index (χ2n) is 7.45. The number of nitrogens with one attached hydrogen (secondary N) is 2. The molecule has 0 aromatic heterocycles. The van der Waals surface area contributed by atoms with E-state index in [1.165, 1.54) is 5.56 Å². The first kappa shape index (κ1) is 18.4. The van der Waals surface area contributed by atoms with Gasteiger partial charge in [0.15, 0.2) is 0 Å². The highest BCUT2D eigenvalue weighted by Crippen LogP contribution is 2.22. The van der Waals surface area contributed by atoms with Gasteiger partial charge in [-0.2, -0.15) is 0 Å². The molecule has 1 aromatic carbocycles. The van der Waals surface area contributed by atoms with Gasteiger partial charge in [-0.15, -0.1) is 0 Å². The molecule has 2 saturated heterocycles. The summed E-state index contributed by atoms with van der Waals surface area (Å²) in [5.41, 5.74) is 7.74. The number of carbonyl (C=O) groups excluding carboxylic acids is 1. The number of rotatable bonds is 6. The monoisotopic (exact) mass is 345 g/mol. The minimum atomic E-state index is 0.271. The van der Waals surface area contributed by atoms with Crippen LogP contribution < -0.4 is 10.9 Å². The average molecular weight is 345 g/mol. The molecule has 2 aliphatic heterocycles. The largest absolute Gasteiger partial charge is 0.373 e. The molecule has 5 nitrogen and oxygen atoms in total. The maximum atomic E-state index is 12.5. The van der Waals surface area contributed by atoms with Crippen molar-refractivity contribution in [3.8, 4) is 0 Å². The summed E-state index contributed by atoms with van der Waals surface area (Å²) in [6.45, 7) is 6.68. The standard InChI is InChI=1S/C20H31N3O2/c1-15-19(16(2)22-21-15)8-9-20(24)23-12-10-18(11-13-23)25-14-17-6-4-3-5-7-17/h3-7,15-16,18-19,21-22H,8-14H2,1-2H3. The van der Waals surface area contributed by atoms with Gasteiger partial charge in [0, 0.05) is 31.6 Å². The molecule has 25 heavy (non-hydrogen) atoms. The van der Waals surface area contributed by atoms with Crippen LogP contribution in [0, 0.1) is 5.92 Å². The second-order valence-corrected chi connectivity index (χ2v) is 7.45. The van der Waals surface area contributed by atoms with Gasteiger partial charge in [0.25, 0.3) is 0 Å². The highest BCUT2D eigenvalue weighted by Gasteiger charge is 2.31. The Labute approximate surface area is 151 Å². The summed E-state index contributed by atoms with van der Waals surface area (Å²) in [5.74, 6) is 0.823. The lowest BCUT2D eigenvalue weighted by Gasteiger charge is -2.32. The molecule has 0 spiro atoms. The van der Waals surface area contributed by atoms with Gasteiger partial charge < -0.3 is 9.64 Å². The molecule has 0 bridgehead atoms. The zero-order valence-electron chi connectivity index (χ0n) is 15.4. The number of benzene rings is 1. The zero-order chi connectivity index (χ0) is 17.6. The van der Waals surface area contributed by atoms with E-state index in [9.17, 15) is 4.79 Å². The van der Waals surface area contributed by atoms with E-state index >= 15 is 0 Å². The van der Waals surface area contributed by atoms with Crippen molar-refractivity contribution in [3.05, 3.63) is 35.9 Å². The van der Waals surface area contributed by atoms with Gasteiger partial charge in [0.05, 0.1) is 12.7 Å². The smallest absolute Gasteiger partial charge is 0.222 e. The molecule has 3 rings (SSSR count). The molecule has 2 aliphatic rings. The van der Waals surface area contributed by atoms with Gasteiger partial charge in [-0.05, 0) is 44.6 Å². The molecule has 2 N–H and O–H groups in total. The van der Waals surface area contributed by atoms with Crippen LogP contribution in [0.3, 0.4) is 0 Å². The molecule has 0 radical (unpaired) electrons. The van der Waals surface area contributed by atoms with Crippen LogP contribution in [-0.4, -0.2) is 42.1 Å². The molecule has 1 aromatic rings. The molecule has 2 heterocycles. The summed E-state index contributed by atoms with van der Waals surface area (Å²) in [5, 5.41) is 0. The number of piperidine rings is 1. The van der Waals surface area contributed by atoms with Crippen LogP contribution in [0.1, 0.15) is 45.1 Å². The van der Waals surface area contributed by atoms with Crippen LogP contribution >= 0.6 is 0 Å². The Kier molecular flexibility index (Phi) is 6.45. The van der Waals surface area contributed by atoms with Crippen molar-refractivity contribution in [1.29, 1.82) is 0 Å². The van der Waals surface area contributed by atoms with Gasteiger partial charge in [-0.1, -0.05) is 30.3 Å². The fraction of sp³-hybridized carbons (Fsp3) is 0.650. The SMILES string of the molecule is CC1NNC(C)C1CCC(=O)N1CCC(OCc2ccccc2)CC1. The van der Waals surface area contributed by atoms with Gasteiger partial charge >= 0.3 is 0 Å². The quantitative estimate of drug-likeness (QED) is 0.832. The van der Waals surface area contributed by atoms with Crippen molar-refractivity contribution in [3.63, 3.8) is 0 Å². The highest BCUT2D eigenvalue weighted by atomic mass is 16.5. The van der Waals surface area contributed by atoms with Gasteiger partial charge in [-0.3, -0.25) is 15.6 Å². The Morgan fingerprint density at radius 3 is 2.40 bits per heavy atom. The van der Waals surface area contributed by atoms with Gasteiger partial charge in [0.1, 0.15) is 0 Å². The van der Waals surface area contributed by atoms with Crippen LogP contribution in [0.25, 0.3) is 0 Å². The number of hydrogen-bond donors (Lipinski definition) is 2. The molecule has 2 unspecified atom stereocenters. The number of carbonyl (C=O) groups is 1. The van der Waals surface area contributed by atoms with Crippen LogP contribution in [0.2, 0.25) is 0 Å². The molecule has 2 fully saturated rings. The third-order valence-electron chi connectivity index (χ3n) is 5.64. The van der Waals surface area contributed by atoms with E-state index in [2.05, 4.69) is 36.8 Å². The van der Waals surface area contributed by atoms with Gasteiger partial charge in [0.2, 0.25) is 5.91 Å². The maximum Gasteiger partial charge on any atom is 0.222 e. The molecule has 2 atom stereocenters. The first-order valence-electron chi connectivity index (χ1n) is 9.58. The van der Waals surface area contributed by atoms with Gasteiger partial charge in [-0.25, -0.2) is 0 Å². The lowest BCUT2D eigenvalue weighted by molar-refractivity contribution is -0.134. The van der Waals surface area contributed by atoms with E-state index in [0.717, 1.165) is 32.4 Å². The number of likely N-dealkylation sites (tertiary alicyclic amines) is 1. The van der Waals surface area contributed by atoms with E-state index in [0.29, 0.717) is 36.9 Å². The minimum Gasteiger partial charge on any atom is -0.373 e. The molecular formula is C20H31N3O2. The Morgan fingerprint density at radius 2 is 1.76 bits per heavy atom. The normalized spacial score (nSPS) is 27.6. The third kappa shape index (κ3) is 5.03. The minimum absolute atomic E-state index is 0.271. The Balaban J connectivity index is 1.36. The predicted octanol–water partition coefficient (Wildman–Crippen LogP) is 2.48. The Bertz CT molecular complexity index is 533. The van der Waals surface area contributed by atoms with E-state index < -0.39 is 0 Å².